The molecule has 1 saturated heterocycles. The average molecular weight is 369 g/mol. The zero-order chi connectivity index (χ0) is 18.8. The number of nitrogens with one attached hydrogen (secondary N) is 1. The fourth-order valence-corrected chi connectivity index (χ4v) is 2.78. The predicted molar refractivity (Wildman–Crippen MR) is 85.9 cm³/mol. The molecule has 25 heavy (non-hydrogen) atoms. The maximum Gasteiger partial charge on any atom is 0.356 e. The van der Waals surface area contributed by atoms with Crippen LogP contribution in [0.25, 0.3) is 0 Å². The average Bonchev–Trinajstić information content (AvgIpc) is 2.51. The Labute approximate surface area is 147 Å². The van der Waals surface area contributed by atoms with Crippen molar-refractivity contribution in [1.82, 2.24) is 10.2 Å². The van der Waals surface area contributed by atoms with Crippen molar-refractivity contribution in [2.75, 3.05) is 0 Å². The number of nitro groups is 1. The SMILES string of the molecule is CC(=O)NC1(S)CC(=O)N1C(O)C(=O)OCc1ccc([N+](=O)[O-])cc1. The summed E-state index contributed by atoms with van der Waals surface area (Å²) in [5.74, 6) is -2.18. The van der Waals surface area contributed by atoms with Crippen molar-refractivity contribution in [3.63, 3.8) is 0 Å². The molecule has 2 N–H and O–H groups in total. The second-order valence-corrected chi connectivity index (χ2v) is 6.08. The van der Waals surface area contributed by atoms with Crippen LogP contribution in [0.1, 0.15) is 18.9 Å². The molecule has 1 fully saturated rings. The highest BCUT2D eigenvalue weighted by atomic mass is 32.1. The molecule has 11 heteroatoms. The van der Waals surface area contributed by atoms with Crippen LogP contribution in [0.5, 0.6) is 0 Å². The Hall–Kier alpha value is -2.66. The number of benzene rings is 1. The third-order valence-electron chi connectivity index (χ3n) is 3.42. The molecule has 2 atom stereocenters. The normalized spacial score (nSPS) is 20.4. The van der Waals surface area contributed by atoms with Gasteiger partial charge in [0.05, 0.1) is 11.3 Å². The molecule has 0 radical (unpaired) electrons. The molecule has 1 aliphatic rings. The van der Waals surface area contributed by atoms with E-state index in [1.165, 1.54) is 31.2 Å². The Kier molecular flexibility index (Phi) is 5.28. The van der Waals surface area contributed by atoms with Gasteiger partial charge in [0.1, 0.15) is 6.61 Å². The van der Waals surface area contributed by atoms with Gasteiger partial charge in [0.15, 0.2) is 4.99 Å². The summed E-state index contributed by atoms with van der Waals surface area (Å²) in [6.07, 6.45) is -2.12. The number of thiol groups is 1. The molecule has 1 aliphatic heterocycles. The van der Waals surface area contributed by atoms with Crippen LogP contribution in [-0.2, 0) is 25.7 Å². The maximum atomic E-state index is 11.9. The van der Waals surface area contributed by atoms with Gasteiger partial charge in [0.2, 0.25) is 18.0 Å². The largest absolute Gasteiger partial charge is 0.457 e. The lowest BCUT2D eigenvalue weighted by Gasteiger charge is -2.49. The Morgan fingerprint density at radius 1 is 1.48 bits per heavy atom. The van der Waals surface area contributed by atoms with Crippen LogP contribution in [0.2, 0.25) is 0 Å². The van der Waals surface area contributed by atoms with Crippen LogP contribution in [0.4, 0.5) is 5.69 Å². The summed E-state index contributed by atoms with van der Waals surface area (Å²) in [7, 11) is 0. The van der Waals surface area contributed by atoms with Gasteiger partial charge in [0, 0.05) is 19.1 Å². The van der Waals surface area contributed by atoms with Gasteiger partial charge < -0.3 is 15.2 Å². The van der Waals surface area contributed by atoms with E-state index in [9.17, 15) is 29.6 Å². The third-order valence-corrected chi connectivity index (χ3v) is 3.91. The zero-order valence-corrected chi connectivity index (χ0v) is 13.9. The number of likely N-dealkylation sites (tertiary alicyclic amines) is 1. The monoisotopic (exact) mass is 369 g/mol. The number of nitro benzene ring substituents is 1. The molecule has 2 unspecified atom stereocenters. The highest BCUT2D eigenvalue weighted by Crippen LogP contribution is 2.34. The number of rotatable bonds is 6. The van der Waals surface area contributed by atoms with E-state index in [1.54, 1.807) is 0 Å². The number of esters is 1. The highest BCUT2D eigenvalue weighted by Gasteiger charge is 2.54. The molecular weight excluding hydrogens is 354 g/mol. The Morgan fingerprint density at radius 2 is 2.08 bits per heavy atom. The van der Waals surface area contributed by atoms with Crippen molar-refractivity contribution in [3.05, 3.63) is 39.9 Å². The first-order chi connectivity index (χ1) is 11.6. The number of hydrogen-bond acceptors (Lipinski definition) is 8. The minimum atomic E-state index is -1.94. The number of non-ortho nitro benzene ring substituents is 1. The molecule has 0 spiro atoms. The van der Waals surface area contributed by atoms with Crippen molar-refractivity contribution in [2.24, 2.45) is 0 Å². The molecule has 2 rings (SSSR count). The van der Waals surface area contributed by atoms with E-state index < -0.39 is 33.9 Å². The topological polar surface area (TPSA) is 139 Å². The summed E-state index contributed by atoms with van der Waals surface area (Å²) in [6, 6.07) is 5.28. The molecule has 10 nitrogen and oxygen atoms in total. The summed E-state index contributed by atoms with van der Waals surface area (Å²) >= 11 is 4.11. The fraction of sp³-hybridized carbons (Fsp3) is 0.357. The van der Waals surface area contributed by atoms with Crippen LogP contribution >= 0.6 is 12.6 Å². The molecule has 0 aliphatic carbocycles. The lowest BCUT2D eigenvalue weighted by molar-refractivity contribution is -0.384. The molecule has 0 bridgehead atoms. The van der Waals surface area contributed by atoms with E-state index >= 15 is 0 Å². The second kappa shape index (κ2) is 7.07. The van der Waals surface area contributed by atoms with Gasteiger partial charge in [-0.05, 0) is 17.7 Å². The van der Waals surface area contributed by atoms with E-state index in [-0.39, 0.29) is 18.7 Å². The van der Waals surface area contributed by atoms with Gasteiger partial charge in [-0.1, -0.05) is 0 Å². The van der Waals surface area contributed by atoms with Gasteiger partial charge in [0.25, 0.3) is 5.69 Å². The first kappa shape index (κ1) is 18.7. The van der Waals surface area contributed by atoms with Crippen molar-refractivity contribution in [2.45, 2.75) is 31.2 Å². The van der Waals surface area contributed by atoms with Crippen LogP contribution in [-0.4, -0.2) is 43.9 Å². The number of carbonyl (C=O) groups excluding carboxylic acids is 3. The van der Waals surface area contributed by atoms with Gasteiger partial charge in [-0.2, -0.15) is 0 Å². The van der Waals surface area contributed by atoms with E-state index in [1.807, 2.05) is 0 Å². The number of ether oxygens (including phenoxy) is 1. The molecule has 134 valence electrons. The molecule has 1 aromatic rings. The first-order valence-electron chi connectivity index (χ1n) is 7.05. The maximum absolute atomic E-state index is 11.9. The van der Waals surface area contributed by atoms with Gasteiger partial charge >= 0.3 is 5.97 Å². The van der Waals surface area contributed by atoms with Crippen molar-refractivity contribution in [3.8, 4) is 0 Å². The molecular formula is C14H15N3O7S. The number of β-lactam (4-membered cyclic amide) rings is 1. The quantitative estimate of drug-likeness (QED) is 0.159. The van der Waals surface area contributed by atoms with Gasteiger partial charge in [-0.15, -0.1) is 12.6 Å². The van der Waals surface area contributed by atoms with E-state index in [2.05, 4.69) is 17.9 Å². The molecule has 1 heterocycles. The predicted octanol–water partition coefficient (Wildman–Crippen LogP) is -0.0916. The Balaban J connectivity index is 1.96. The van der Waals surface area contributed by atoms with Crippen LogP contribution < -0.4 is 5.32 Å². The number of aliphatic hydroxyl groups excluding tert-OH is 1. The zero-order valence-electron chi connectivity index (χ0n) is 13.0. The molecule has 2 amide bonds. The number of carbonyl (C=O) groups is 3. The second-order valence-electron chi connectivity index (χ2n) is 5.34. The van der Waals surface area contributed by atoms with E-state index in [0.29, 0.717) is 10.5 Å². The van der Waals surface area contributed by atoms with Crippen molar-refractivity contribution < 1.29 is 29.2 Å². The number of aliphatic hydroxyl groups is 1. The number of amides is 2. The summed E-state index contributed by atoms with van der Waals surface area (Å²) in [4.78, 5) is 43.9. The summed E-state index contributed by atoms with van der Waals surface area (Å²) < 4.78 is 4.89. The van der Waals surface area contributed by atoms with Crippen LogP contribution in [0, 0.1) is 10.1 Å². The van der Waals surface area contributed by atoms with Crippen LogP contribution in [0.3, 0.4) is 0 Å². The summed E-state index contributed by atoms with van der Waals surface area (Å²) in [6.45, 7) is 0.952. The minimum Gasteiger partial charge on any atom is -0.457 e. The first-order valence-corrected chi connectivity index (χ1v) is 7.50. The highest BCUT2D eigenvalue weighted by molar-refractivity contribution is 7.81. The number of nitrogens with zero attached hydrogens (tertiary/aromatic N) is 2. The van der Waals surface area contributed by atoms with E-state index in [4.69, 9.17) is 4.74 Å². The summed E-state index contributed by atoms with van der Waals surface area (Å²) in [5, 5.41) is 22.9. The number of hydrogen-bond donors (Lipinski definition) is 3. The molecule has 1 aromatic carbocycles. The summed E-state index contributed by atoms with van der Waals surface area (Å²) in [5.41, 5.74) is 0.344. The Bertz CT molecular complexity index is 724. The Morgan fingerprint density at radius 3 is 2.56 bits per heavy atom. The van der Waals surface area contributed by atoms with Crippen molar-refractivity contribution in [1.29, 1.82) is 0 Å². The third kappa shape index (κ3) is 4.06. The lowest BCUT2D eigenvalue weighted by atomic mass is 10.1. The molecule has 0 saturated carbocycles. The van der Waals surface area contributed by atoms with Crippen LogP contribution in [0.15, 0.2) is 24.3 Å². The van der Waals surface area contributed by atoms with Crippen molar-refractivity contribution >= 4 is 36.1 Å². The lowest BCUT2D eigenvalue weighted by Crippen LogP contribution is -2.72. The van der Waals surface area contributed by atoms with E-state index in [0.717, 1.165) is 0 Å². The minimum absolute atomic E-state index is 0.114. The van der Waals surface area contributed by atoms with Gasteiger partial charge in [-0.3, -0.25) is 24.6 Å². The standard InChI is InChI=1S/C14H15N3O7S/c1-8(18)15-14(25)6-11(19)16(14)12(20)13(21)24-7-9-2-4-10(5-3-9)17(22)23/h2-5,12,20,25H,6-7H2,1H3,(H,15,18). The smallest absolute Gasteiger partial charge is 0.356 e. The molecule has 0 aromatic heterocycles. The van der Waals surface area contributed by atoms with Gasteiger partial charge in [-0.25, -0.2) is 4.79 Å². The fourth-order valence-electron chi connectivity index (χ4n) is 2.27.